The maximum absolute atomic E-state index is 14.0. The Morgan fingerprint density at radius 1 is 1.08 bits per heavy atom. The topological polar surface area (TPSA) is 79.7 Å². The predicted molar refractivity (Wildman–Crippen MR) is 145 cm³/mol. The predicted octanol–water partition coefficient (Wildman–Crippen LogP) is 6.83. The average molecular weight is 655 g/mol. The molecule has 7 nitrogen and oxygen atoms in total. The van der Waals surface area contributed by atoms with Gasteiger partial charge in [-0.3, -0.25) is 4.79 Å². The summed E-state index contributed by atoms with van der Waals surface area (Å²) in [6.45, 7) is 2.01. The molecule has 0 aliphatic rings. The van der Waals surface area contributed by atoms with E-state index in [1.165, 1.54) is 19.2 Å². The fourth-order valence-corrected chi connectivity index (χ4v) is 5.77. The summed E-state index contributed by atoms with van der Waals surface area (Å²) in [5.74, 6) is -0.565. The van der Waals surface area contributed by atoms with Crippen LogP contribution in [0.4, 0.5) is 4.39 Å². The van der Waals surface area contributed by atoms with Crippen LogP contribution in [0.2, 0.25) is 5.02 Å². The number of hydrogen-bond acceptors (Lipinski definition) is 6. The molecule has 3 aromatic carbocycles. The van der Waals surface area contributed by atoms with Crippen LogP contribution in [-0.4, -0.2) is 42.1 Å². The zero-order valence-corrected chi connectivity index (χ0v) is 23.8. The van der Waals surface area contributed by atoms with E-state index in [0.717, 1.165) is 11.6 Å². The molecule has 0 saturated carbocycles. The largest absolute Gasteiger partial charge is 0.497 e. The second-order valence-corrected chi connectivity index (χ2v) is 9.84. The maximum atomic E-state index is 14.0. The first-order valence-electron chi connectivity index (χ1n) is 11.0. The van der Waals surface area contributed by atoms with Crippen molar-refractivity contribution in [2.75, 3.05) is 20.8 Å². The number of nitrogens with zero attached hydrogens (tertiary/aromatic N) is 2. The minimum Gasteiger partial charge on any atom is -0.497 e. The van der Waals surface area contributed by atoms with Crippen molar-refractivity contribution in [3.05, 3.63) is 84.8 Å². The van der Waals surface area contributed by atoms with Crippen molar-refractivity contribution in [3.8, 4) is 11.5 Å². The third kappa shape index (κ3) is 5.23. The first kappa shape index (κ1) is 27.1. The highest BCUT2D eigenvalue weighted by Crippen LogP contribution is 2.38. The van der Waals surface area contributed by atoms with Crippen molar-refractivity contribution in [1.29, 1.82) is 0 Å². The smallest absolute Gasteiger partial charge is 0.374 e. The summed E-state index contributed by atoms with van der Waals surface area (Å²) >= 11 is 13.2. The van der Waals surface area contributed by atoms with E-state index in [1.807, 2.05) is 6.07 Å². The molecule has 0 radical (unpaired) electrons. The summed E-state index contributed by atoms with van der Waals surface area (Å²) in [6, 6.07) is 10.5. The highest BCUT2D eigenvalue weighted by atomic mass is 79.9. The third-order valence-electron chi connectivity index (χ3n) is 5.61. The van der Waals surface area contributed by atoms with Gasteiger partial charge in [0.1, 0.15) is 17.3 Å². The number of ether oxygens (including phenoxy) is 3. The van der Waals surface area contributed by atoms with E-state index >= 15 is 0 Å². The van der Waals surface area contributed by atoms with Crippen molar-refractivity contribution in [1.82, 2.24) is 9.55 Å². The summed E-state index contributed by atoms with van der Waals surface area (Å²) in [7, 11) is 3.08. The molecule has 0 amide bonds. The van der Waals surface area contributed by atoms with Gasteiger partial charge in [-0.1, -0.05) is 11.6 Å². The Balaban J connectivity index is 1.96. The second-order valence-electron chi connectivity index (χ2n) is 7.79. The van der Waals surface area contributed by atoms with Gasteiger partial charge in [0.25, 0.3) is 0 Å². The molecule has 0 spiro atoms. The van der Waals surface area contributed by atoms with Gasteiger partial charge < -0.3 is 18.8 Å². The van der Waals surface area contributed by atoms with Gasteiger partial charge in [-0.15, -0.1) is 0 Å². The fraction of sp³-hybridized carbons (Fsp3) is 0.192. The van der Waals surface area contributed by atoms with E-state index in [0.29, 0.717) is 31.5 Å². The number of ketones is 1. The van der Waals surface area contributed by atoms with E-state index < -0.39 is 17.6 Å². The molecule has 192 valence electrons. The summed E-state index contributed by atoms with van der Waals surface area (Å²) in [4.78, 5) is 30.9. The molecular weight excluding hydrogens is 635 g/mol. The normalized spacial score (nSPS) is 11.0. The van der Waals surface area contributed by atoms with Gasteiger partial charge in [-0.2, -0.15) is 0 Å². The molecule has 0 N–H and O–H groups in total. The molecule has 1 aromatic heterocycles. The highest BCUT2D eigenvalue weighted by molar-refractivity contribution is 9.11. The average Bonchev–Trinajstić information content (AvgIpc) is 3.23. The van der Waals surface area contributed by atoms with Crippen LogP contribution in [0, 0.1) is 5.82 Å². The maximum Gasteiger partial charge on any atom is 0.374 e. The molecule has 0 saturated heterocycles. The number of carbonyl (C=O) groups excluding carboxylic acids is 2. The molecular formula is C26H20Br2ClFN2O5. The van der Waals surface area contributed by atoms with Crippen molar-refractivity contribution in [2.45, 2.75) is 13.5 Å². The first-order valence-corrected chi connectivity index (χ1v) is 12.9. The van der Waals surface area contributed by atoms with Crippen LogP contribution in [0.5, 0.6) is 11.5 Å². The van der Waals surface area contributed by atoms with E-state index in [1.54, 1.807) is 36.8 Å². The van der Waals surface area contributed by atoms with Gasteiger partial charge in [-0.25, -0.2) is 14.2 Å². The summed E-state index contributed by atoms with van der Waals surface area (Å²) in [5, 5.41) is 0.106. The number of methoxy groups -OCH3 is 2. The van der Waals surface area contributed by atoms with Gasteiger partial charge in [0.15, 0.2) is 5.78 Å². The Kier molecular flexibility index (Phi) is 8.20. The Labute approximate surface area is 233 Å². The SMILES string of the molecule is CCOC(=O)c1nc2cc(Br)c(C(=O)c3cc(F)ccc3Cl)c(Br)c2n1Cc1ccc(OC)cc1OC. The van der Waals surface area contributed by atoms with Gasteiger partial charge in [0, 0.05) is 21.7 Å². The summed E-state index contributed by atoms with van der Waals surface area (Å²) in [6.07, 6.45) is 0. The number of hydrogen-bond donors (Lipinski definition) is 0. The van der Waals surface area contributed by atoms with Crippen LogP contribution in [0.15, 0.2) is 51.4 Å². The number of rotatable bonds is 8. The highest BCUT2D eigenvalue weighted by Gasteiger charge is 2.27. The van der Waals surface area contributed by atoms with Gasteiger partial charge in [0.2, 0.25) is 5.82 Å². The van der Waals surface area contributed by atoms with Gasteiger partial charge in [-0.05, 0) is 75.2 Å². The second kappa shape index (κ2) is 11.2. The molecule has 4 rings (SSSR count). The number of esters is 1. The summed E-state index contributed by atoms with van der Waals surface area (Å²) < 4.78 is 32.4. The van der Waals surface area contributed by atoms with Gasteiger partial charge in [0.05, 0.1) is 53.5 Å². The number of aromatic nitrogens is 2. The quantitative estimate of drug-likeness (QED) is 0.153. The molecule has 0 unspecified atom stereocenters. The van der Waals surface area contributed by atoms with Crippen molar-refractivity contribution >= 4 is 66.2 Å². The Bertz CT molecular complexity index is 1540. The van der Waals surface area contributed by atoms with E-state index in [4.69, 9.17) is 25.8 Å². The first-order chi connectivity index (χ1) is 17.7. The monoisotopic (exact) mass is 652 g/mol. The fourth-order valence-electron chi connectivity index (χ4n) is 3.89. The lowest BCUT2D eigenvalue weighted by atomic mass is 10.0. The molecule has 1 heterocycles. The Hall–Kier alpha value is -2.95. The van der Waals surface area contributed by atoms with Crippen LogP contribution in [0.25, 0.3) is 11.0 Å². The molecule has 0 bridgehead atoms. The number of benzene rings is 3. The number of carbonyl (C=O) groups is 2. The van der Waals surface area contributed by atoms with E-state index in [9.17, 15) is 14.0 Å². The Morgan fingerprint density at radius 3 is 2.51 bits per heavy atom. The van der Waals surface area contributed by atoms with Crippen LogP contribution >= 0.6 is 43.5 Å². The molecule has 0 aliphatic heterocycles. The molecule has 0 fully saturated rings. The molecule has 0 aliphatic carbocycles. The zero-order chi connectivity index (χ0) is 26.9. The minimum atomic E-state index is -0.629. The lowest BCUT2D eigenvalue weighted by Gasteiger charge is -2.15. The van der Waals surface area contributed by atoms with Gasteiger partial charge >= 0.3 is 5.97 Å². The van der Waals surface area contributed by atoms with E-state index in [2.05, 4.69) is 36.8 Å². The van der Waals surface area contributed by atoms with Crippen LogP contribution in [0.3, 0.4) is 0 Å². The number of halogens is 4. The van der Waals surface area contributed by atoms with Crippen molar-refractivity contribution in [2.24, 2.45) is 0 Å². The minimum absolute atomic E-state index is 0.00378. The molecule has 37 heavy (non-hydrogen) atoms. The van der Waals surface area contributed by atoms with Crippen LogP contribution < -0.4 is 9.47 Å². The van der Waals surface area contributed by atoms with Crippen LogP contribution in [0.1, 0.15) is 39.0 Å². The third-order valence-corrected chi connectivity index (χ3v) is 7.33. The zero-order valence-electron chi connectivity index (χ0n) is 19.9. The van der Waals surface area contributed by atoms with E-state index in [-0.39, 0.29) is 35.1 Å². The number of imidazole rings is 1. The Morgan fingerprint density at radius 2 is 1.84 bits per heavy atom. The standard InChI is InChI=1S/C26H20Br2ClFN2O5/c1-4-37-26(34)25-31-19-11-17(27)21(24(33)16-9-14(30)6-8-18(16)29)22(28)23(19)32(25)12-13-5-7-15(35-2)10-20(13)36-3/h5-11H,4,12H2,1-3H3. The number of fused-ring (bicyclic) bond motifs is 1. The van der Waals surface area contributed by atoms with Crippen molar-refractivity contribution < 1.29 is 28.2 Å². The molecule has 4 aromatic rings. The summed E-state index contributed by atoms with van der Waals surface area (Å²) in [5.41, 5.74) is 1.80. The lowest BCUT2D eigenvalue weighted by Crippen LogP contribution is -2.15. The van der Waals surface area contributed by atoms with Crippen molar-refractivity contribution in [3.63, 3.8) is 0 Å². The molecule has 11 heteroatoms. The lowest BCUT2D eigenvalue weighted by molar-refractivity contribution is 0.0507. The van der Waals surface area contributed by atoms with Crippen LogP contribution in [-0.2, 0) is 11.3 Å². The molecule has 0 atom stereocenters.